The van der Waals surface area contributed by atoms with E-state index in [0.717, 1.165) is 48.3 Å². The lowest BCUT2D eigenvalue weighted by atomic mass is 9.47. The van der Waals surface area contributed by atoms with Crippen molar-refractivity contribution >= 4 is 11.6 Å². The van der Waals surface area contributed by atoms with Crippen molar-refractivity contribution in [3.05, 3.63) is 23.0 Å². The van der Waals surface area contributed by atoms with Crippen LogP contribution in [0, 0.1) is 45.8 Å². The molecule has 148 valence electrons. The van der Waals surface area contributed by atoms with E-state index in [9.17, 15) is 5.26 Å². The van der Waals surface area contributed by atoms with Crippen molar-refractivity contribution in [2.75, 3.05) is 12.5 Å². The van der Waals surface area contributed by atoms with Gasteiger partial charge in [0.15, 0.2) is 0 Å². The van der Waals surface area contributed by atoms with Gasteiger partial charge < -0.3 is 4.74 Å². The molecule has 4 aliphatic rings. The largest absolute Gasteiger partial charge is 0.497 e. The monoisotopic (exact) mass is 387 g/mol. The van der Waals surface area contributed by atoms with Gasteiger partial charge in [-0.05, 0) is 84.7 Å². The first-order valence-electron chi connectivity index (χ1n) is 11.0. The number of alkyl halides is 1. The molecule has 27 heavy (non-hydrogen) atoms. The van der Waals surface area contributed by atoms with E-state index in [0.29, 0.717) is 23.8 Å². The van der Waals surface area contributed by atoms with Crippen LogP contribution in [0.3, 0.4) is 0 Å². The van der Waals surface area contributed by atoms with Gasteiger partial charge in [0.2, 0.25) is 0 Å². The number of fused-ring (bicyclic) bond motifs is 5. The Morgan fingerprint density at radius 1 is 1.22 bits per heavy atom. The molecule has 0 bridgehead atoms. The van der Waals surface area contributed by atoms with Crippen molar-refractivity contribution in [1.82, 2.24) is 0 Å². The van der Waals surface area contributed by atoms with Gasteiger partial charge in [-0.15, -0.1) is 11.6 Å². The number of ether oxygens (including phenoxy) is 1. The van der Waals surface area contributed by atoms with E-state index in [4.69, 9.17) is 16.3 Å². The first-order valence-corrected chi connectivity index (χ1v) is 11.5. The van der Waals surface area contributed by atoms with Crippen molar-refractivity contribution in [2.24, 2.45) is 34.5 Å². The highest BCUT2D eigenvalue weighted by Gasteiger charge is 2.58. The quantitative estimate of drug-likeness (QED) is 0.508. The van der Waals surface area contributed by atoms with E-state index in [1.54, 1.807) is 0 Å². The van der Waals surface area contributed by atoms with Crippen LogP contribution in [0.1, 0.15) is 72.1 Å². The third-order valence-electron chi connectivity index (χ3n) is 9.02. The summed E-state index contributed by atoms with van der Waals surface area (Å²) in [5, 5.41) is 10.0. The van der Waals surface area contributed by atoms with Crippen molar-refractivity contribution in [3.8, 4) is 6.07 Å². The number of halogens is 1. The van der Waals surface area contributed by atoms with Gasteiger partial charge >= 0.3 is 0 Å². The Bertz CT molecular complexity index is 704. The Balaban J connectivity index is 1.70. The Morgan fingerprint density at radius 2 is 2.04 bits per heavy atom. The molecule has 0 radical (unpaired) electrons. The lowest BCUT2D eigenvalue weighted by Gasteiger charge is -2.57. The fourth-order valence-electron chi connectivity index (χ4n) is 7.61. The van der Waals surface area contributed by atoms with E-state index in [2.05, 4.69) is 32.9 Å². The maximum atomic E-state index is 10.0. The molecule has 0 heterocycles. The van der Waals surface area contributed by atoms with Crippen LogP contribution in [0.25, 0.3) is 0 Å². The highest BCUT2D eigenvalue weighted by molar-refractivity contribution is 6.17. The van der Waals surface area contributed by atoms with Crippen molar-refractivity contribution in [3.63, 3.8) is 0 Å². The highest BCUT2D eigenvalue weighted by atomic mass is 35.5. The van der Waals surface area contributed by atoms with Crippen LogP contribution in [0.4, 0.5) is 0 Å². The third-order valence-corrected chi connectivity index (χ3v) is 9.17. The first kappa shape index (κ1) is 19.4. The summed E-state index contributed by atoms with van der Waals surface area (Å²) in [6.07, 6.45) is 12.1. The Kier molecular flexibility index (Phi) is 5.13. The summed E-state index contributed by atoms with van der Waals surface area (Å²) in [6.45, 7) is 7.95. The predicted octanol–water partition coefficient (Wildman–Crippen LogP) is 6.62. The first-order chi connectivity index (χ1) is 13.0. The Hall–Kier alpha value is -0.940. The standard InChI is InChI=1S/C24H34ClNO/c1-4-17-5-6-20-19-13-16(15-26)22-14-18(27-12-11-25)7-9-24(22,3)21(19)8-10-23(17,20)2/h14,17,19-21H,4-13H2,1-3H3/t17-,19-,20-,21-,23+,24+/m0/s1. The molecule has 0 saturated heterocycles. The van der Waals surface area contributed by atoms with E-state index >= 15 is 0 Å². The SMILES string of the molecule is CC[C@H]1CC[C@H]2[C@@H]3CC(C#N)=C4C=C(OCCCl)CC[C@]4(C)[C@H]3CC[C@]12C. The van der Waals surface area contributed by atoms with Crippen LogP contribution in [-0.2, 0) is 4.74 Å². The number of hydrogen-bond donors (Lipinski definition) is 0. The molecule has 2 nitrogen and oxygen atoms in total. The van der Waals surface area contributed by atoms with Gasteiger partial charge in [0.1, 0.15) is 6.61 Å². The molecule has 6 atom stereocenters. The van der Waals surface area contributed by atoms with Gasteiger partial charge in [-0.1, -0.05) is 27.2 Å². The Labute approximate surface area is 170 Å². The van der Waals surface area contributed by atoms with Crippen molar-refractivity contribution in [1.29, 1.82) is 5.26 Å². The molecule has 3 heteroatoms. The molecule has 0 aromatic heterocycles. The third kappa shape index (κ3) is 2.88. The number of allylic oxidation sites excluding steroid dienone is 4. The summed E-state index contributed by atoms with van der Waals surface area (Å²) in [6, 6.07) is 2.61. The molecule has 4 rings (SSSR count). The van der Waals surface area contributed by atoms with Crippen LogP contribution < -0.4 is 0 Å². The average molecular weight is 388 g/mol. The summed E-state index contributed by atoms with van der Waals surface area (Å²) in [4.78, 5) is 0. The molecule has 0 aromatic carbocycles. The molecular weight excluding hydrogens is 354 g/mol. The second-order valence-electron chi connectivity index (χ2n) is 9.88. The maximum Gasteiger partial charge on any atom is 0.101 e. The lowest BCUT2D eigenvalue weighted by Crippen LogP contribution is -2.50. The molecule has 0 amide bonds. The van der Waals surface area contributed by atoms with E-state index in [1.165, 1.54) is 37.7 Å². The van der Waals surface area contributed by atoms with Crippen molar-refractivity contribution in [2.45, 2.75) is 72.1 Å². The van der Waals surface area contributed by atoms with Gasteiger partial charge in [-0.25, -0.2) is 0 Å². The molecule has 2 saturated carbocycles. The second-order valence-corrected chi connectivity index (χ2v) is 10.3. The zero-order valence-corrected chi connectivity index (χ0v) is 17.9. The fourth-order valence-corrected chi connectivity index (χ4v) is 7.69. The summed E-state index contributed by atoms with van der Waals surface area (Å²) in [5.74, 6) is 4.66. The smallest absolute Gasteiger partial charge is 0.101 e. The summed E-state index contributed by atoms with van der Waals surface area (Å²) in [5.41, 5.74) is 2.97. The van der Waals surface area contributed by atoms with E-state index in [1.807, 2.05) is 0 Å². The number of nitrogens with zero attached hydrogens (tertiary/aromatic N) is 1. The predicted molar refractivity (Wildman–Crippen MR) is 110 cm³/mol. The number of rotatable bonds is 4. The number of nitriles is 1. The molecule has 0 aromatic rings. The molecular formula is C24H34ClNO. The minimum Gasteiger partial charge on any atom is -0.497 e. The minimum absolute atomic E-state index is 0.146. The van der Waals surface area contributed by atoms with Gasteiger partial charge in [-0.3, -0.25) is 0 Å². The second kappa shape index (κ2) is 7.14. The van der Waals surface area contributed by atoms with Crippen LogP contribution in [0.15, 0.2) is 23.0 Å². The van der Waals surface area contributed by atoms with Crippen LogP contribution in [-0.4, -0.2) is 12.5 Å². The molecule has 2 fully saturated rings. The zero-order valence-electron chi connectivity index (χ0n) is 17.2. The molecule has 0 N–H and O–H groups in total. The fraction of sp³-hybridized carbons (Fsp3) is 0.792. The van der Waals surface area contributed by atoms with Crippen molar-refractivity contribution < 1.29 is 4.74 Å². The molecule has 0 aliphatic heterocycles. The maximum absolute atomic E-state index is 10.0. The molecule has 0 spiro atoms. The average Bonchev–Trinajstić information content (AvgIpc) is 3.02. The van der Waals surface area contributed by atoms with E-state index < -0.39 is 0 Å². The van der Waals surface area contributed by atoms with Gasteiger partial charge in [0.25, 0.3) is 0 Å². The summed E-state index contributed by atoms with van der Waals surface area (Å²) in [7, 11) is 0. The van der Waals surface area contributed by atoms with Crippen LogP contribution in [0.2, 0.25) is 0 Å². The summed E-state index contributed by atoms with van der Waals surface area (Å²) < 4.78 is 5.85. The van der Waals surface area contributed by atoms with Gasteiger partial charge in [0.05, 0.1) is 17.7 Å². The van der Waals surface area contributed by atoms with Crippen LogP contribution in [0.5, 0.6) is 0 Å². The van der Waals surface area contributed by atoms with Crippen LogP contribution >= 0.6 is 11.6 Å². The Morgan fingerprint density at radius 3 is 2.74 bits per heavy atom. The normalized spacial score (nSPS) is 43.3. The lowest BCUT2D eigenvalue weighted by molar-refractivity contribution is -0.0393. The van der Waals surface area contributed by atoms with E-state index in [-0.39, 0.29) is 5.41 Å². The minimum atomic E-state index is 0.146. The zero-order chi connectivity index (χ0) is 19.2. The van der Waals surface area contributed by atoms with Gasteiger partial charge in [-0.2, -0.15) is 5.26 Å². The molecule has 0 unspecified atom stereocenters. The molecule has 4 aliphatic carbocycles. The summed E-state index contributed by atoms with van der Waals surface area (Å²) >= 11 is 5.80. The number of hydrogen-bond acceptors (Lipinski definition) is 2. The topological polar surface area (TPSA) is 33.0 Å². The van der Waals surface area contributed by atoms with Gasteiger partial charge in [0, 0.05) is 12.0 Å². The highest BCUT2D eigenvalue weighted by Crippen LogP contribution is 2.67.